The van der Waals surface area contributed by atoms with Gasteiger partial charge in [-0.15, -0.1) is 0 Å². The van der Waals surface area contributed by atoms with Gasteiger partial charge in [0.1, 0.15) is 11.6 Å². The van der Waals surface area contributed by atoms with Crippen LogP contribution in [0, 0.1) is 24.5 Å². The van der Waals surface area contributed by atoms with Gasteiger partial charge in [-0.1, -0.05) is 78.7 Å². The Labute approximate surface area is 319 Å². The summed E-state index contributed by atoms with van der Waals surface area (Å²) in [5, 5.41) is 26.4. The standard InChI is InChI=1S/C22H25F2N3O5.C22H21N/c23-12-5-6-13(15(24)9-12)20-10-17(26-32-20)21(29)25-16-7-8-27(11-14(16)22(30)31)18-3-1-2-4-19(18)28;1-15-13-20-19-10-6-5-9-17(19)14-21(20)22(23)18(15)12-11-16-7-3-2-4-8-16/h5-6,9-10,14,16,18-19,28H,1-4,7-8,11H2,(H,25,29)(H,30,31);2-10,13H,11-12,14,23H2,1H3/t14-,16-,18-,19-;/m1./s1. The molecule has 4 atom stereocenters. The molecule has 9 nitrogen and oxygen atoms in total. The number of anilines is 1. The maximum atomic E-state index is 14.0. The zero-order valence-electron chi connectivity index (χ0n) is 30.8. The van der Waals surface area contributed by atoms with Crippen LogP contribution < -0.4 is 11.1 Å². The molecular formula is C44H46F2N4O5. The number of rotatable bonds is 8. The fourth-order valence-electron chi connectivity index (χ4n) is 8.39. The first-order valence-electron chi connectivity index (χ1n) is 19.0. The van der Waals surface area contributed by atoms with Crippen molar-refractivity contribution in [3.8, 4) is 22.5 Å². The van der Waals surface area contributed by atoms with Gasteiger partial charge in [-0.05, 0) is 90.1 Å². The Balaban J connectivity index is 0.000000178. The summed E-state index contributed by atoms with van der Waals surface area (Å²) in [5.41, 5.74) is 16.8. The summed E-state index contributed by atoms with van der Waals surface area (Å²) in [7, 11) is 0. The van der Waals surface area contributed by atoms with Crippen LogP contribution in [0.5, 0.6) is 0 Å². The summed E-state index contributed by atoms with van der Waals surface area (Å²) in [6.07, 6.45) is 6.45. The molecule has 4 aromatic carbocycles. The van der Waals surface area contributed by atoms with Crippen LogP contribution in [0.1, 0.15) is 70.4 Å². The smallest absolute Gasteiger partial charge is 0.309 e. The molecule has 5 N–H and O–H groups in total. The molecule has 2 aliphatic carbocycles. The zero-order chi connectivity index (χ0) is 38.6. The summed E-state index contributed by atoms with van der Waals surface area (Å²) < 4.78 is 32.1. The number of nitrogens with one attached hydrogen (secondary N) is 1. The van der Waals surface area contributed by atoms with Gasteiger partial charge >= 0.3 is 5.97 Å². The number of aliphatic carboxylic acids is 1. The van der Waals surface area contributed by atoms with Crippen LogP contribution in [0.3, 0.4) is 0 Å². The first-order chi connectivity index (χ1) is 26.6. The number of piperidine rings is 1. The average molecular weight is 749 g/mol. The molecule has 1 aliphatic heterocycles. The fraction of sp³-hybridized carbons (Fsp3) is 0.341. The maximum absolute atomic E-state index is 14.0. The lowest BCUT2D eigenvalue weighted by atomic mass is 9.86. The van der Waals surface area contributed by atoms with Crippen molar-refractivity contribution in [1.29, 1.82) is 0 Å². The van der Waals surface area contributed by atoms with E-state index in [1.54, 1.807) is 0 Å². The van der Waals surface area contributed by atoms with Gasteiger partial charge < -0.3 is 25.8 Å². The maximum Gasteiger partial charge on any atom is 0.309 e. The van der Waals surface area contributed by atoms with E-state index >= 15 is 0 Å². The molecule has 1 saturated carbocycles. The highest BCUT2D eigenvalue weighted by molar-refractivity contribution is 5.93. The molecule has 0 spiro atoms. The SMILES string of the molecule is Cc1cc2c(c(N)c1CCc1ccccc1)Cc1ccccc1-2.O=C(N[C@@H]1CCN([C@@H]2CCCC[C@H]2O)C[C@H]1C(=O)O)c1cc(-c2ccc(F)cc2F)on1. The highest BCUT2D eigenvalue weighted by atomic mass is 19.1. The van der Waals surface area contributed by atoms with Crippen LogP contribution in [0.4, 0.5) is 14.5 Å². The van der Waals surface area contributed by atoms with Crippen LogP contribution in [0.25, 0.3) is 22.5 Å². The number of aromatic nitrogens is 1. The highest BCUT2D eigenvalue weighted by Gasteiger charge is 2.40. The van der Waals surface area contributed by atoms with E-state index < -0.39 is 41.6 Å². The number of carbonyl (C=O) groups excluding carboxylic acids is 1. The van der Waals surface area contributed by atoms with Crippen molar-refractivity contribution in [3.63, 3.8) is 0 Å². The van der Waals surface area contributed by atoms with E-state index in [0.717, 1.165) is 50.3 Å². The number of carboxylic acids is 1. The number of amides is 1. The van der Waals surface area contributed by atoms with Gasteiger partial charge in [0.2, 0.25) is 0 Å². The van der Waals surface area contributed by atoms with Crippen LogP contribution in [-0.2, 0) is 24.1 Å². The van der Waals surface area contributed by atoms with Crippen molar-refractivity contribution in [2.24, 2.45) is 5.92 Å². The Morgan fingerprint density at radius 1 is 0.927 bits per heavy atom. The average Bonchev–Trinajstić information content (AvgIpc) is 3.82. The number of nitrogen functional groups attached to an aromatic ring is 1. The van der Waals surface area contributed by atoms with E-state index in [1.807, 2.05) is 4.90 Å². The van der Waals surface area contributed by atoms with E-state index in [2.05, 4.69) is 78.1 Å². The van der Waals surface area contributed by atoms with Gasteiger partial charge in [-0.25, -0.2) is 8.78 Å². The third-order valence-corrected chi connectivity index (χ3v) is 11.4. The molecule has 5 aromatic rings. The van der Waals surface area contributed by atoms with Gasteiger partial charge in [-0.3, -0.25) is 14.5 Å². The Morgan fingerprint density at radius 3 is 2.45 bits per heavy atom. The minimum atomic E-state index is -1.03. The van der Waals surface area contributed by atoms with Crippen molar-refractivity contribution >= 4 is 17.6 Å². The summed E-state index contributed by atoms with van der Waals surface area (Å²) in [5.74, 6) is -4.14. The second-order valence-electron chi connectivity index (χ2n) is 14.9. The number of carbonyl (C=O) groups is 2. The Kier molecular flexibility index (Phi) is 11.4. The van der Waals surface area contributed by atoms with Crippen molar-refractivity contribution in [1.82, 2.24) is 15.4 Å². The number of carboxylic acid groups (broad SMARTS) is 1. The van der Waals surface area contributed by atoms with E-state index in [1.165, 1.54) is 51.1 Å². The number of aliphatic hydroxyl groups excluding tert-OH is 1. The molecule has 8 rings (SSSR count). The quantitative estimate of drug-likeness (QED) is 0.118. The third kappa shape index (κ3) is 8.33. The lowest BCUT2D eigenvalue weighted by Gasteiger charge is -2.43. The fourth-order valence-corrected chi connectivity index (χ4v) is 8.39. The van der Waals surface area contributed by atoms with Gasteiger partial charge in [-0.2, -0.15) is 0 Å². The van der Waals surface area contributed by atoms with Gasteiger partial charge in [0.25, 0.3) is 5.91 Å². The molecule has 55 heavy (non-hydrogen) atoms. The lowest BCUT2D eigenvalue weighted by molar-refractivity contribution is -0.145. The number of nitrogens with two attached hydrogens (primary N) is 1. The number of halogens is 2. The minimum absolute atomic E-state index is 0.0384. The highest BCUT2D eigenvalue weighted by Crippen LogP contribution is 2.42. The Bertz CT molecular complexity index is 2170. The summed E-state index contributed by atoms with van der Waals surface area (Å²) in [6.45, 7) is 2.98. The summed E-state index contributed by atoms with van der Waals surface area (Å²) >= 11 is 0. The van der Waals surface area contributed by atoms with Crippen molar-refractivity contribution < 1.29 is 33.1 Å². The monoisotopic (exact) mass is 748 g/mol. The topological polar surface area (TPSA) is 142 Å². The molecule has 2 fully saturated rings. The van der Waals surface area contributed by atoms with Crippen molar-refractivity contribution in [2.75, 3.05) is 18.8 Å². The molecule has 11 heteroatoms. The molecule has 0 unspecified atom stereocenters. The zero-order valence-corrected chi connectivity index (χ0v) is 30.8. The molecule has 1 aromatic heterocycles. The third-order valence-electron chi connectivity index (χ3n) is 11.4. The van der Waals surface area contributed by atoms with Crippen molar-refractivity contribution in [2.45, 2.75) is 76.5 Å². The summed E-state index contributed by atoms with van der Waals surface area (Å²) in [4.78, 5) is 26.6. The second-order valence-corrected chi connectivity index (χ2v) is 14.9. The van der Waals surface area contributed by atoms with E-state index in [0.29, 0.717) is 25.5 Å². The van der Waals surface area contributed by atoms with E-state index in [-0.39, 0.29) is 29.6 Å². The molecule has 1 amide bonds. The van der Waals surface area contributed by atoms with Crippen LogP contribution in [-0.4, -0.2) is 63.4 Å². The number of nitrogens with zero attached hydrogens (tertiary/aromatic N) is 2. The number of hydrogen-bond donors (Lipinski definition) is 4. The molecule has 0 bridgehead atoms. The van der Waals surface area contributed by atoms with Crippen LogP contribution in [0.15, 0.2) is 89.5 Å². The number of fused-ring (bicyclic) bond motifs is 3. The van der Waals surface area contributed by atoms with Gasteiger partial charge in [0, 0.05) is 49.4 Å². The molecule has 1 saturated heterocycles. The number of hydrogen-bond acceptors (Lipinski definition) is 7. The number of likely N-dealkylation sites (tertiary alicyclic amines) is 1. The summed E-state index contributed by atoms with van der Waals surface area (Å²) in [6, 6.07) is 25.1. The first kappa shape index (κ1) is 37.9. The molecular weight excluding hydrogens is 703 g/mol. The van der Waals surface area contributed by atoms with Crippen LogP contribution in [0.2, 0.25) is 0 Å². The minimum Gasteiger partial charge on any atom is -0.481 e. The largest absolute Gasteiger partial charge is 0.481 e. The number of aliphatic hydroxyl groups is 1. The molecule has 286 valence electrons. The Hall–Kier alpha value is -5.39. The molecule has 3 aliphatic rings. The van der Waals surface area contributed by atoms with Gasteiger partial charge in [0.15, 0.2) is 11.5 Å². The number of aryl methyl sites for hydroxylation is 2. The van der Waals surface area contributed by atoms with E-state index in [9.17, 15) is 28.6 Å². The van der Waals surface area contributed by atoms with E-state index in [4.69, 9.17) is 10.3 Å². The second kappa shape index (κ2) is 16.5. The predicted molar refractivity (Wildman–Crippen MR) is 206 cm³/mol. The predicted octanol–water partition coefficient (Wildman–Crippen LogP) is 7.36. The lowest BCUT2D eigenvalue weighted by Crippen LogP contribution is -2.58. The normalized spacial score (nSPS) is 20.5. The molecule has 0 radical (unpaired) electrons. The number of benzene rings is 4. The van der Waals surface area contributed by atoms with Gasteiger partial charge in [0.05, 0.1) is 17.6 Å². The van der Waals surface area contributed by atoms with Crippen LogP contribution >= 0.6 is 0 Å². The first-order valence-corrected chi connectivity index (χ1v) is 19.0. The Morgan fingerprint density at radius 2 is 1.69 bits per heavy atom. The molecule has 2 heterocycles. The van der Waals surface area contributed by atoms with Crippen molar-refractivity contribution in [3.05, 3.63) is 130 Å².